The first kappa shape index (κ1) is 14.9. The fraction of sp³-hybridized carbons (Fsp3) is 0.385. The minimum Gasteiger partial charge on any atom is -0.481 e. The van der Waals surface area contributed by atoms with E-state index >= 15 is 0 Å². The first-order valence-corrected chi connectivity index (χ1v) is 5.91. The normalized spacial score (nSPS) is 11.7. The number of amides is 2. The molecule has 0 bridgehead atoms. The van der Waals surface area contributed by atoms with Crippen molar-refractivity contribution in [1.29, 1.82) is 0 Å². The van der Waals surface area contributed by atoms with Crippen LogP contribution in [0, 0.1) is 5.82 Å². The first-order chi connectivity index (χ1) is 8.90. The van der Waals surface area contributed by atoms with E-state index in [0.717, 1.165) is 0 Å². The predicted molar refractivity (Wildman–Crippen MR) is 69.7 cm³/mol. The van der Waals surface area contributed by atoms with Crippen LogP contribution in [0.15, 0.2) is 24.3 Å². The van der Waals surface area contributed by atoms with E-state index in [0.29, 0.717) is 12.1 Å². The van der Waals surface area contributed by atoms with E-state index in [4.69, 9.17) is 5.11 Å². The average molecular weight is 268 g/mol. The lowest BCUT2D eigenvalue weighted by molar-refractivity contribution is -0.137. The summed E-state index contributed by atoms with van der Waals surface area (Å²) in [5.74, 6) is -1.26. The van der Waals surface area contributed by atoms with E-state index in [1.54, 1.807) is 14.0 Å². The molecule has 1 aromatic rings. The number of carbonyl (C=O) groups is 2. The number of carboxylic acids is 1. The summed E-state index contributed by atoms with van der Waals surface area (Å²) in [7, 11) is 1.56. The molecule has 0 spiro atoms. The van der Waals surface area contributed by atoms with E-state index in [-0.39, 0.29) is 24.3 Å². The van der Waals surface area contributed by atoms with Gasteiger partial charge in [-0.25, -0.2) is 9.18 Å². The van der Waals surface area contributed by atoms with Gasteiger partial charge in [0, 0.05) is 25.2 Å². The quantitative estimate of drug-likeness (QED) is 0.860. The largest absolute Gasteiger partial charge is 0.481 e. The topological polar surface area (TPSA) is 69.6 Å². The Balaban J connectivity index is 2.52. The number of carboxylic acid groups (broad SMARTS) is 1. The third-order valence-corrected chi connectivity index (χ3v) is 2.68. The smallest absolute Gasteiger partial charge is 0.321 e. The lowest BCUT2D eigenvalue weighted by Gasteiger charge is -2.21. The number of benzene rings is 1. The number of urea groups is 1. The van der Waals surface area contributed by atoms with Gasteiger partial charge < -0.3 is 10.4 Å². The van der Waals surface area contributed by atoms with Crippen molar-refractivity contribution in [3.05, 3.63) is 30.1 Å². The summed E-state index contributed by atoms with van der Waals surface area (Å²) in [4.78, 5) is 23.6. The van der Waals surface area contributed by atoms with E-state index in [9.17, 15) is 14.0 Å². The molecule has 0 aliphatic rings. The second-order valence-corrected chi connectivity index (χ2v) is 4.32. The molecule has 0 radical (unpaired) electrons. The minimum atomic E-state index is -0.895. The van der Waals surface area contributed by atoms with Crippen molar-refractivity contribution >= 4 is 17.7 Å². The zero-order valence-electron chi connectivity index (χ0n) is 10.9. The molecule has 0 aromatic heterocycles. The maximum absolute atomic E-state index is 12.8. The number of nitrogens with one attached hydrogen (secondary N) is 1. The predicted octanol–water partition coefficient (Wildman–Crippen LogP) is 2.22. The second kappa shape index (κ2) is 6.72. The van der Waals surface area contributed by atoms with Gasteiger partial charge in [0.2, 0.25) is 0 Å². The summed E-state index contributed by atoms with van der Waals surface area (Å²) in [5.41, 5.74) is 0.560. The maximum atomic E-state index is 12.8. The number of hydrogen-bond acceptors (Lipinski definition) is 2. The number of anilines is 1. The zero-order valence-corrected chi connectivity index (χ0v) is 10.9. The molecule has 5 nitrogen and oxygen atoms in total. The molecule has 1 aromatic carbocycles. The van der Waals surface area contributed by atoms with Gasteiger partial charge in [-0.05, 0) is 37.6 Å². The van der Waals surface area contributed by atoms with Crippen LogP contribution in [-0.4, -0.2) is 30.2 Å². The Morgan fingerprint density at radius 3 is 2.47 bits per heavy atom. The summed E-state index contributed by atoms with van der Waals surface area (Å²) in [6.07, 6.45) is 0.361. The number of hydrogen-bond donors (Lipinski definition) is 2. The highest BCUT2D eigenvalue weighted by atomic mass is 19.1. The summed E-state index contributed by atoms with van der Waals surface area (Å²) < 4.78 is 12.8. The number of halogens is 1. The molecule has 0 saturated heterocycles. The summed E-state index contributed by atoms with van der Waals surface area (Å²) in [6, 6.07) is 4.93. The van der Waals surface area contributed by atoms with Gasteiger partial charge in [0.15, 0.2) is 0 Å². The molecule has 1 rings (SSSR count). The molecule has 0 aliphatic carbocycles. The molecule has 1 unspecified atom stereocenters. The summed E-state index contributed by atoms with van der Waals surface area (Å²) in [5, 5.41) is 11.2. The molecule has 104 valence electrons. The molecule has 6 heteroatoms. The fourth-order valence-corrected chi connectivity index (χ4v) is 1.50. The van der Waals surface area contributed by atoms with Crippen LogP contribution in [-0.2, 0) is 4.79 Å². The summed E-state index contributed by atoms with van der Waals surface area (Å²) in [6.45, 7) is 1.74. The van der Waals surface area contributed by atoms with Gasteiger partial charge in [-0.15, -0.1) is 0 Å². The highest BCUT2D eigenvalue weighted by molar-refractivity contribution is 5.91. The summed E-state index contributed by atoms with van der Waals surface area (Å²) >= 11 is 0. The number of rotatable bonds is 5. The molecular formula is C13H17FN2O3. The van der Waals surface area contributed by atoms with Gasteiger partial charge in [-0.3, -0.25) is 9.69 Å². The fourth-order valence-electron chi connectivity index (χ4n) is 1.50. The number of nitrogens with zero attached hydrogens (tertiary/aromatic N) is 1. The molecule has 0 heterocycles. The third kappa shape index (κ3) is 4.95. The highest BCUT2D eigenvalue weighted by Crippen LogP contribution is 2.13. The Bertz CT molecular complexity index is 448. The van der Waals surface area contributed by atoms with Gasteiger partial charge in [-0.1, -0.05) is 0 Å². The third-order valence-electron chi connectivity index (χ3n) is 2.68. The zero-order chi connectivity index (χ0) is 14.4. The lowest BCUT2D eigenvalue weighted by Crippen LogP contribution is -2.42. The Hall–Kier alpha value is -2.11. The van der Waals surface area contributed by atoms with E-state index in [1.807, 2.05) is 0 Å². The molecule has 2 amide bonds. The molecular weight excluding hydrogens is 251 g/mol. The van der Waals surface area contributed by atoms with Crippen molar-refractivity contribution in [3.8, 4) is 0 Å². The van der Waals surface area contributed by atoms with Gasteiger partial charge in [0.1, 0.15) is 5.82 Å². The van der Waals surface area contributed by atoms with Crippen LogP contribution < -0.4 is 10.2 Å². The van der Waals surface area contributed by atoms with Crippen molar-refractivity contribution in [2.24, 2.45) is 0 Å². The van der Waals surface area contributed by atoms with E-state index < -0.39 is 5.97 Å². The SMILES string of the molecule is CC(CCC(=O)O)NC(=O)N(C)c1ccc(F)cc1. The van der Waals surface area contributed by atoms with Gasteiger partial charge in [-0.2, -0.15) is 0 Å². The minimum absolute atomic E-state index is 0.00170. The van der Waals surface area contributed by atoms with Crippen LogP contribution in [0.4, 0.5) is 14.9 Å². The Labute approximate surface area is 111 Å². The van der Waals surface area contributed by atoms with Gasteiger partial charge in [0.25, 0.3) is 0 Å². The lowest BCUT2D eigenvalue weighted by atomic mass is 10.2. The number of aliphatic carboxylic acids is 1. The van der Waals surface area contributed by atoms with Crippen molar-refractivity contribution in [2.45, 2.75) is 25.8 Å². The Morgan fingerprint density at radius 1 is 1.37 bits per heavy atom. The Kier molecular flexibility index (Phi) is 5.29. The standard InChI is InChI=1S/C13H17FN2O3/c1-9(3-8-12(17)18)15-13(19)16(2)11-6-4-10(14)5-7-11/h4-7,9H,3,8H2,1-2H3,(H,15,19)(H,17,18). The van der Waals surface area contributed by atoms with Crippen molar-refractivity contribution in [2.75, 3.05) is 11.9 Å². The van der Waals surface area contributed by atoms with Crippen LogP contribution in [0.2, 0.25) is 0 Å². The van der Waals surface area contributed by atoms with Gasteiger partial charge >= 0.3 is 12.0 Å². The van der Waals surface area contributed by atoms with Crippen molar-refractivity contribution in [3.63, 3.8) is 0 Å². The monoisotopic (exact) mass is 268 g/mol. The molecule has 0 aliphatic heterocycles. The first-order valence-electron chi connectivity index (χ1n) is 5.91. The van der Waals surface area contributed by atoms with Crippen LogP contribution >= 0.6 is 0 Å². The van der Waals surface area contributed by atoms with Crippen LogP contribution in [0.3, 0.4) is 0 Å². The molecule has 0 fully saturated rings. The van der Waals surface area contributed by atoms with Gasteiger partial charge in [0.05, 0.1) is 0 Å². The molecule has 1 atom stereocenters. The Morgan fingerprint density at radius 2 is 1.95 bits per heavy atom. The van der Waals surface area contributed by atoms with E-state index in [2.05, 4.69) is 5.32 Å². The van der Waals surface area contributed by atoms with E-state index in [1.165, 1.54) is 29.2 Å². The second-order valence-electron chi connectivity index (χ2n) is 4.32. The number of carbonyl (C=O) groups excluding carboxylic acids is 1. The maximum Gasteiger partial charge on any atom is 0.321 e. The van der Waals surface area contributed by atoms with Crippen LogP contribution in [0.1, 0.15) is 19.8 Å². The van der Waals surface area contributed by atoms with Crippen LogP contribution in [0.25, 0.3) is 0 Å². The average Bonchev–Trinajstić information content (AvgIpc) is 2.36. The molecule has 0 saturated carbocycles. The van der Waals surface area contributed by atoms with Crippen molar-refractivity contribution in [1.82, 2.24) is 5.32 Å². The van der Waals surface area contributed by atoms with Crippen LogP contribution in [0.5, 0.6) is 0 Å². The van der Waals surface area contributed by atoms with Crippen molar-refractivity contribution < 1.29 is 19.1 Å². The molecule has 2 N–H and O–H groups in total. The molecule has 19 heavy (non-hydrogen) atoms. The highest BCUT2D eigenvalue weighted by Gasteiger charge is 2.14.